The summed E-state index contributed by atoms with van der Waals surface area (Å²) in [5.41, 5.74) is 6.49. The van der Waals surface area contributed by atoms with Crippen LogP contribution in [0.3, 0.4) is 0 Å². The van der Waals surface area contributed by atoms with Gasteiger partial charge in [-0.1, -0.05) is 18.6 Å². The molecule has 3 N–H and O–H groups in total. The Morgan fingerprint density at radius 2 is 2.26 bits per heavy atom. The van der Waals surface area contributed by atoms with E-state index in [9.17, 15) is 13.5 Å². The lowest BCUT2D eigenvalue weighted by atomic mass is 9.70. The van der Waals surface area contributed by atoms with Crippen molar-refractivity contribution in [3.05, 3.63) is 11.6 Å². The Kier molecular flexibility index (Phi) is 4.10. The fraction of sp³-hybridized carbons (Fsp3) is 0.857. The van der Waals surface area contributed by atoms with Crippen molar-refractivity contribution in [2.24, 2.45) is 23.0 Å². The van der Waals surface area contributed by atoms with E-state index in [0.717, 1.165) is 12.8 Å². The highest BCUT2D eigenvalue weighted by Crippen LogP contribution is 2.42. The number of aliphatic hydroxyl groups excluding tert-OH is 1. The summed E-state index contributed by atoms with van der Waals surface area (Å²) < 4.78 is 23.5. The van der Waals surface area contributed by atoms with Gasteiger partial charge < -0.3 is 10.8 Å². The van der Waals surface area contributed by atoms with E-state index in [1.54, 1.807) is 0 Å². The SMILES string of the molecule is CC1=CC(C)CC(C(O)C2(CN)CCS(=O)(=O)C2)C1. The Balaban J connectivity index is 2.18. The van der Waals surface area contributed by atoms with Crippen molar-refractivity contribution in [1.29, 1.82) is 0 Å². The second-order valence-electron chi connectivity index (χ2n) is 6.54. The molecule has 0 bridgehead atoms. The third-order valence-electron chi connectivity index (χ3n) is 4.73. The van der Waals surface area contributed by atoms with Crippen LogP contribution in [-0.2, 0) is 9.84 Å². The minimum absolute atomic E-state index is 0.0469. The zero-order valence-electron chi connectivity index (χ0n) is 11.8. The van der Waals surface area contributed by atoms with Crippen LogP contribution < -0.4 is 5.73 Å². The minimum Gasteiger partial charge on any atom is -0.392 e. The predicted octanol–water partition coefficient (Wildman–Crippen LogP) is 1.10. The second kappa shape index (κ2) is 5.19. The lowest BCUT2D eigenvalue weighted by Crippen LogP contribution is -2.47. The second-order valence-corrected chi connectivity index (χ2v) is 8.73. The van der Waals surface area contributed by atoms with Gasteiger partial charge in [-0.3, -0.25) is 0 Å². The molecule has 0 aromatic heterocycles. The van der Waals surface area contributed by atoms with Gasteiger partial charge in [0.15, 0.2) is 9.84 Å². The number of hydrogen-bond acceptors (Lipinski definition) is 4. The van der Waals surface area contributed by atoms with E-state index in [2.05, 4.69) is 19.9 Å². The van der Waals surface area contributed by atoms with Crippen molar-refractivity contribution in [1.82, 2.24) is 0 Å². The van der Waals surface area contributed by atoms with Gasteiger partial charge in [0.2, 0.25) is 0 Å². The highest BCUT2D eigenvalue weighted by molar-refractivity contribution is 7.91. The van der Waals surface area contributed by atoms with Gasteiger partial charge in [-0.2, -0.15) is 0 Å². The number of rotatable bonds is 3. The Morgan fingerprint density at radius 3 is 2.74 bits per heavy atom. The van der Waals surface area contributed by atoms with Gasteiger partial charge in [0.05, 0.1) is 17.6 Å². The van der Waals surface area contributed by atoms with Gasteiger partial charge in [-0.05, 0) is 38.0 Å². The highest BCUT2D eigenvalue weighted by Gasteiger charge is 2.49. The van der Waals surface area contributed by atoms with E-state index in [1.807, 2.05) is 0 Å². The molecule has 5 heteroatoms. The summed E-state index contributed by atoms with van der Waals surface area (Å²) in [5.74, 6) is 0.794. The van der Waals surface area contributed by atoms with Gasteiger partial charge in [-0.15, -0.1) is 0 Å². The number of allylic oxidation sites excluding steroid dienone is 2. The van der Waals surface area contributed by atoms with Crippen LogP contribution in [-0.4, -0.2) is 37.7 Å². The predicted molar refractivity (Wildman–Crippen MR) is 76.4 cm³/mol. The first kappa shape index (κ1) is 15.0. The van der Waals surface area contributed by atoms with E-state index in [4.69, 9.17) is 5.73 Å². The Bertz CT molecular complexity index is 471. The molecule has 0 aromatic carbocycles. The first-order chi connectivity index (χ1) is 8.78. The first-order valence-corrected chi connectivity index (χ1v) is 8.86. The van der Waals surface area contributed by atoms with Crippen molar-refractivity contribution in [3.8, 4) is 0 Å². The summed E-state index contributed by atoms with van der Waals surface area (Å²) in [6.45, 7) is 4.47. The van der Waals surface area contributed by atoms with Crippen LogP contribution in [0.5, 0.6) is 0 Å². The van der Waals surface area contributed by atoms with Crippen molar-refractivity contribution in [3.63, 3.8) is 0 Å². The summed E-state index contributed by atoms with van der Waals surface area (Å²) in [6.07, 6.45) is 3.90. The van der Waals surface area contributed by atoms with Crippen LogP contribution in [0.15, 0.2) is 11.6 Å². The van der Waals surface area contributed by atoms with E-state index >= 15 is 0 Å². The number of hydrogen-bond donors (Lipinski definition) is 2. The summed E-state index contributed by atoms with van der Waals surface area (Å²) in [7, 11) is -3.03. The quantitative estimate of drug-likeness (QED) is 0.762. The number of aliphatic hydroxyl groups is 1. The van der Waals surface area contributed by atoms with E-state index in [0.29, 0.717) is 12.3 Å². The Labute approximate surface area is 116 Å². The molecule has 110 valence electrons. The molecule has 1 heterocycles. The van der Waals surface area contributed by atoms with Gasteiger partial charge in [-0.25, -0.2) is 8.42 Å². The molecule has 0 radical (unpaired) electrons. The van der Waals surface area contributed by atoms with Crippen molar-refractivity contribution in [2.75, 3.05) is 18.1 Å². The number of nitrogens with two attached hydrogens (primary N) is 1. The lowest BCUT2D eigenvalue weighted by Gasteiger charge is -2.39. The zero-order chi connectivity index (χ0) is 14.3. The van der Waals surface area contributed by atoms with E-state index < -0.39 is 21.4 Å². The van der Waals surface area contributed by atoms with Crippen LogP contribution >= 0.6 is 0 Å². The fourth-order valence-electron chi connectivity index (χ4n) is 3.79. The molecule has 1 saturated heterocycles. The van der Waals surface area contributed by atoms with E-state index in [-0.39, 0.29) is 24.0 Å². The summed E-state index contributed by atoms with van der Waals surface area (Å²) in [6, 6.07) is 0. The molecule has 2 rings (SSSR count). The van der Waals surface area contributed by atoms with Crippen molar-refractivity contribution in [2.45, 2.75) is 39.2 Å². The highest BCUT2D eigenvalue weighted by atomic mass is 32.2. The van der Waals surface area contributed by atoms with E-state index in [1.165, 1.54) is 5.57 Å². The van der Waals surface area contributed by atoms with Gasteiger partial charge in [0, 0.05) is 12.0 Å². The molecule has 4 unspecified atom stereocenters. The standard InChI is InChI=1S/C14H25NO3S/c1-10-5-11(2)7-12(6-10)13(16)14(8-15)3-4-19(17,18)9-14/h5,10,12-13,16H,3-4,6-9,15H2,1-2H3. The molecule has 0 saturated carbocycles. The molecule has 4 nitrogen and oxygen atoms in total. The van der Waals surface area contributed by atoms with Crippen LogP contribution in [0.4, 0.5) is 0 Å². The van der Waals surface area contributed by atoms with Crippen LogP contribution in [0, 0.1) is 17.3 Å². The van der Waals surface area contributed by atoms with Crippen LogP contribution in [0.2, 0.25) is 0 Å². The molecule has 0 spiro atoms. The Morgan fingerprint density at radius 1 is 1.58 bits per heavy atom. The molecule has 19 heavy (non-hydrogen) atoms. The zero-order valence-corrected chi connectivity index (χ0v) is 12.6. The molecular formula is C14H25NO3S. The van der Waals surface area contributed by atoms with Gasteiger partial charge >= 0.3 is 0 Å². The topological polar surface area (TPSA) is 80.4 Å². The molecule has 4 atom stereocenters. The van der Waals surface area contributed by atoms with Gasteiger partial charge in [0.1, 0.15) is 0 Å². The maximum absolute atomic E-state index is 11.7. The maximum atomic E-state index is 11.7. The summed E-state index contributed by atoms with van der Waals surface area (Å²) in [5, 5.41) is 10.7. The summed E-state index contributed by atoms with van der Waals surface area (Å²) >= 11 is 0. The molecular weight excluding hydrogens is 262 g/mol. The largest absolute Gasteiger partial charge is 0.392 e. The average molecular weight is 287 g/mol. The molecule has 1 fully saturated rings. The summed E-state index contributed by atoms with van der Waals surface area (Å²) in [4.78, 5) is 0. The fourth-order valence-corrected chi connectivity index (χ4v) is 5.96. The van der Waals surface area contributed by atoms with Gasteiger partial charge in [0.25, 0.3) is 0 Å². The lowest BCUT2D eigenvalue weighted by molar-refractivity contribution is -0.00820. The van der Waals surface area contributed by atoms with Crippen LogP contribution in [0.1, 0.15) is 33.1 Å². The molecule has 1 aliphatic carbocycles. The number of sulfone groups is 1. The van der Waals surface area contributed by atoms with Crippen LogP contribution in [0.25, 0.3) is 0 Å². The third-order valence-corrected chi connectivity index (χ3v) is 6.57. The minimum atomic E-state index is -3.03. The first-order valence-electron chi connectivity index (χ1n) is 7.04. The monoisotopic (exact) mass is 287 g/mol. The Hall–Kier alpha value is -0.390. The molecule has 0 aromatic rings. The normalized spacial score (nSPS) is 39.9. The van der Waals surface area contributed by atoms with Crippen molar-refractivity contribution >= 4 is 9.84 Å². The maximum Gasteiger partial charge on any atom is 0.151 e. The molecule has 2 aliphatic rings. The third kappa shape index (κ3) is 3.03. The molecule has 0 amide bonds. The smallest absolute Gasteiger partial charge is 0.151 e. The average Bonchev–Trinajstić information content (AvgIpc) is 2.64. The molecule has 1 aliphatic heterocycles. The van der Waals surface area contributed by atoms with Crippen molar-refractivity contribution < 1.29 is 13.5 Å².